The SMILES string of the molecule is COC(=O)C1=C(C(=O)OC)N(c2cccc3c2CC(=O)NC3)COC1. The Morgan fingerprint density at radius 2 is 1.96 bits per heavy atom. The van der Waals surface area contributed by atoms with Crippen LogP contribution in [0, 0.1) is 0 Å². The molecule has 0 saturated carbocycles. The van der Waals surface area contributed by atoms with E-state index in [4.69, 9.17) is 14.2 Å². The van der Waals surface area contributed by atoms with E-state index in [1.54, 1.807) is 11.0 Å². The van der Waals surface area contributed by atoms with Crippen LogP contribution in [0.2, 0.25) is 0 Å². The normalized spacial score (nSPS) is 16.9. The lowest BCUT2D eigenvalue weighted by Crippen LogP contribution is -2.40. The van der Waals surface area contributed by atoms with Gasteiger partial charge in [0.05, 0.1) is 32.8 Å². The zero-order valence-corrected chi connectivity index (χ0v) is 14.0. The molecule has 0 radical (unpaired) electrons. The highest BCUT2D eigenvalue weighted by Crippen LogP contribution is 2.32. The molecule has 0 aliphatic carbocycles. The molecule has 8 heteroatoms. The maximum atomic E-state index is 12.3. The molecule has 2 aliphatic heterocycles. The predicted molar refractivity (Wildman–Crippen MR) is 86.3 cm³/mol. The van der Waals surface area contributed by atoms with E-state index in [0.717, 1.165) is 11.1 Å². The first-order valence-electron chi connectivity index (χ1n) is 7.69. The topological polar surface area (TPSA) is 94.2 Å². The largest absolute Gasteiger partial charge is 0.466 e. The third-order valence-corrected chi connectivity index (χ3v) is 4.19. The molecular weight excluding hydrogens is 328 g/mol. The van der Waals surface area contributed by atoms with E-state index in [1.165, 1.54) is 14.2 Å². The minimum atomic E-state index is -0.665. The first-order valence-corrected chi connectivity index (χ1v) is 7.69. The van der Waals surface area contributed by atoms with E-state index in [-0.39, 0.29) is 36.9 Å². The Hall–Kier alpha value is -2.87. The summed E-state index contributed by atoms with van der Waals surface area (Å²) in [5.41, 5.74) is 2.53. The zero-order valence-electron chi connectivity index (χ0n) is 14.0. The van der Waals surface area contributed by atoms with Gasteiger partial charge in [-0.15, -0.1) is 0 Å². The van der Waals surface area contributed by atoms with Gasteiger partial charge in [-0.2, -0.15) is 0 Å². The van der Waals surface area contributed by atoms with Gasteiger partial charge in [0.2, 0.25) is 5.91 Å². The van der Waals surface area contributed by atoms with Crippen LogP contribution in [0.1, 0.15) is 11.1 Å². The molecule has 8 nitrogen and oxygen atoms in total. The quantitative estimate of drug-likeness (QED) is 0.784. The summed E-state index contributed by atoms with van der Waals surface area (Å²) in [5, 5.41) is 2.78. The van der Waals surface area contributed by atoms with Crippen LogP contribution in [-0.4, -0.2) is 45.4 Å². The predicted octanol–water partition coefficient (Wildman–Crippen LogP) is 0.253. The number of esters is 2. The van der Waals surface area contributed by atoms with Crippen LogP contribution in [0.4, 0.5) is 5.69 Å². The maximum Gasteiger partial charge on any atom is 0.355 e. The summed E-state index contributed by atoms with van der Waals surface area (Å²) < 4.78 is 15.1. The summed E-state index contributed by atoms with van der Waals surface area (Å²) in [7, 11) is 2.48. The van der Waals surface area contributed by atoms with Crippen LogP contribution in [0.25, 0.3) is 0 Å². The van der Waals surface area contributed by atoms with Crippen molar-refractivity contribution in [1.82, 2.24) is 5.32 Å². The molecule has 0 spiro atoms. The number of nitrogens with zero attached hydrogens (tertiary/aromatic N) is 1. The summed E-state index contributed by atoms with van der Waals surface area (Å²) >= 11 is 0. The van der Waals surface area contributed by atoms with Crippen LogP contribution in [-0.2, 0) is 41.6 Å². The van der Waals surface area contributed by atoms with Gasteiger partial charge >= 0.3 is 11.9 Å². The fourth-order valence-electron chi connectivity index (χ4n) is 2.99. The van der Waals surface area contributed by atoms with Crippen molar-refractivity contribution in [3.05, 3.63) is 40.6 Å². The molecule has 0 bridgehead atoms. The fraction of sp³-hybridized carbons (Fsp3) is 0.353. The standard InChI is InChI=1S/C17H18N2O6/c1-23-16(21)12-8-25-9-19(15(12)17(22)24-2)13-5-3-4-10-7-18-14(20)6-11(10)13/h3-5H,6-9H2,1-2H3,(H,18,20). The second kappa shape index (κ2) is 6.94. The number of nitrogens with one attached hydrogen (secondary N) is 1. The number of ether oxygens (including phenoxy) is 3. The number of amides is 1. The van der Waals surface area contributed by atoms with E-state index in [9.17, 15) is 14.4 Å². The van der Waals surface area contributed by atoms with Crippen molar-refractivity contribution in [1.29, 1.82) is 0 Å². The van der Waals surface area contributed by atoms with Crippen LogP contribution in [0.5, 0.6) is 0 Å². The molecular formula is C17H18N2O6. The minimum absolute atomic E-state index is 0.0525. The van der Waals surface area contributed by atoms with E-state index in [2.05, 4.69) is 5.32 Å². The summed E-state index contributed by atoms with van der Waals surface area (Å²) in [5.74, 6) is -1.43. The van der Waals surface area contributed by atoms with Gasteiger partial charge in [-0.05, 0) is 17.2 Å². The van der Waals surface area contributed by atoms with Gasteiger partial charge < -0.3 is 24.4 Å². The van der Waals surface area contributed by atoms with Gasteiger partial charge in [-0.25, -0.2) is 9.59 Å². The van der Waals surface area contributed by atoms with Crippen molar-refractivity contribution in [3.8, 4) is 0 Å². The molecule has 0 fully saturated rings. The first kappa shape index (κ1) is 17.0. The summed E-state index contributed by atoms with van der Waals surface area (Å²) in [4.78, 5) is 37.8. The van der Waals surface area contributed by atoms with Crippen molar-refractivity contribution in [2.75, 3.05) is 32.5 Å². The third-order valence-electron chi connectivity index (χ3n) is 4.19. The van der Waals surface area contributed by atoms with Crippen molar-refractivity contribution in [2.24, 2.45) is 0 Å². The average molecular weight is 346 g/mol. The Bertz CT molecular complexity index is 770. The number of anilines is 1. The van der Waals surface area contributed by atoms with Gasteiger partial charge in [-0.1, -0.05) is 12.1 Å². The minimum Gasteiger partial charge on any atom is -0.466 e. The van der Waals surface area contributed by atoms with Crippen molar-refractivity contribution >= 4 is 23.5 Å². The summed E-state index contributed by atoms with van der Waals surface area (Å²) in [6.45, 7) is 0.421. The number of hydrogen-bond donors (Lipinski definition) is 1. The summed E-state index contributed by atoms with van der Waals surface area (Å²) in [6, 6.07) is 5.52. The van der Waals surface area contributed by atoms with Crippen molar-refractivity contribution in [2.45, 2.75) is 13.0 Å². The Morgan fingerprint density at radius 1 is 1.20 bits per heavy atom. The van der Waals surface area contributed by atoms with E-state index in [1.807, 2.05) is 12.1 Å². The number of benzene rings is 1. The first-order chi connectivity index (χ1) is 12.1. The number of rotatable bonds is 3. The lowest BCUT2D eigenvalue weighted by molar-refractivity contribution is -0.140. The lowest BCUT2D eigenvalue weighted by atomic mass is 9.97. The molecule has 2 aliphatic rings. The molecule has 0 unspecified atom stereocenters. The highest BCUT2D eigenvalue weighted by molar-refractivity contribution is 6.03. The lowest BCUT2D eigenvalue weighted by Gasteiger charge is -2.34. The van der Waals surface area contributed by atoms with Crippen LogP contribution < -0.4 is 10.2 Å². The average Bonchev–Trinajstić information content (AvgIpc) is 2.65. The number of carbonyl (C=O) groups is 3. The maximum absolute atomic E-state index is 12.3. The van der Waals surface area contributed by atoms with Crippen molar-refractivity contribution in [3.63, 3.8) is 0 Å². The Balaban J connectivity index is 2.14. The van der Waals surface area contributed by atoms with Crippen molar-refractivity contribution < 1.29 is 28.6 Å². The fourth-order valence-corrected chi connectivity index (χ4v) is 2.99. The molecule has 132 valence electrons. The molecule has 2 heterocycles. The van der Waals surface area contributed by atoms with E-state index < -0.39 is 11.9 Å². The van der Waals surface area contributed by atoms with Gasteiger partial charge in [0, 0.05) is 12.2 Å². The molecule has 1 N–H and O–H groups in total. The molecule has 0 aromatic heterocycles. The van der Waals surface area contributed by atoms with E-state index in [0.29, 0.717) is 12.2 Å². The summed E-state index contributed by atoms with van der Waals surface area (Å²) in [6.07, 6.45) is 0.185. The molecule has 1 aromatic rings. The molecule has 0 atom stereocenters. The molecule has 1 amide bonds. The van der Waals surface area contributed by atoms with Gasteiger partial charge in [0.1, 0.15) is 12.4 Å². The van der Waals surface area contributed by atoms with Crippen LogP contribution in [0.3, 0.4) is 0 Å². The Labute approximate surface area is 144 Å². The smallest absolute Gasteiger partial charge is 0.355 e. The molecule has 1 aromatic carbocycles. The van der Waals surface area contributed by atoms with Gasteiger partial charge in [0.25, 0.3) is 0 Å². The number of fused-ring (bicyclic) bond motifs is 1. The highest BCUT2D eigenvalue weighted by atomic mass is 16.5. The molecule has 3 rings (SSSR count). The monoisotopic (exact) mass is 346 g/mol. The zero-order chi connectivity index (χ0) is 18.0. The second-order valence-electron chi connectivity index (χ2n) is 5.58. The number of carbonyl (C=O) groups excluding carboxylic acids is 3. The van der Waals surface area contributed by atoms with Crippen LogP contribution >= 0.6 is 0 Å². The third kappa shape index (κ3) is 3.08. The molecule has 0 saturated heterocycles. The second-order valence-corrected chi connectivity index (χ2v) is 5.58. The molecule has 25 heavy (non-hydrogen) atoms. The van der Waals surface area contributed by atoms with Gasteiger partial charge in [0.15, 0.2) is 0 Å². The highest BCUT2D eigenvalue weighted by Gasteiger charge is 2.34. The number of methoxy groups -OCH3 is 2. The Kier molecular flexibility index (Phi) is 4.71. The van der Waals surface area contributed by atoms with Crippen LogP contribution in [0.15, 0.2) is 29.5 Å². The van der Waals surface area contributed by atoms with Gasteiger partial charge in [-0.3, -0.25) is 4.79 Å². The number of hydrogen-bond acceptors (Lipinski definition) is 7. The van der Waals surface area contributed by atoms with E-state index >= 15 is 0 Å². The Morgan fingerprint density at radius 3 is 2.68 bits per heavy atom.